The molecule has 1 aliphatic heterocycles. The van der Waals surface area contributed by atoms with E-state index < -0.39 is 5.63 Å². The zero-order valence-corrected chi connectivity index (χ0v) is 20.3. The third-order valence-electron chi connectivity index (χ3n) is 6.56. The molecule has 2 aromatic heterocycles. The van der Waals surface area contributed by atoms with Crippen molar-refractivity contribution in [3.8, 4) is 5.69 Å². The van der Waals surface area contributed by atoms with Gasteiger partial charge in [-0.25, -0.2) is 4.79 Å². The van der Waals surface area contributed by atoms with Crippen LogP contribution >= 0.6 is 11.8 Å². The first kappa shape index (κ1) is 22.3. The highest BCUT2D eigenvalue weighted by Crippen LogP contribution is 2.43. The fourth-order valence-corrected chi connectivity index (χ4v) is 5.36. The number of ketones is 1. The number of rotatable bonds is 5. The predicted molar refractivity (Wildman–Crippen MR) is 132 cm³/mol. The molecule has 9 heteroatoms. The summed E-state index contributed by atoms with van der Waals surface area (Å²) in [6.45, 7) is 6.62. The number of nitrogens with zero attached hydrogens (tertiary/aromatic N) is 5. The molecule has 0 saturated heterocycles. The lowest BCUT2D eigenvalue weighted by molar-refractivity contribution is 0.101. The molecule has 0 spiro atoms. The second-order valence-corrected chi connectivity index (χ2v) is 10.2. The van der Waals surface area contributed by atoms with E-state index in [0.717, 1.165) is 23.2 Å². The van der Waals surface area contributed by atoms with E-state index >= 15 is 0 Å². The van der Waals surface area contributed by atoms with E-state index in [1.165, 1.54) is 17.3 Å². The number of aromatic nitrogens is 4. The number of carbonyl (C=O) groups is 1. The van der Waals surface area contributed by atoms with Gasteiger partial charge in [0.15, 0.2) is 5.78 Å². The van der Waals surface area contributed by atoms with E-state index in [0.29, 0.717) is 16.7 Å². The van der Waals surface area contributed by atoms with E-state index in [4.69, 9.17) is 4.42 Å². The zero-order valence-electron chi connectivity index (χ0n) is 19.5. The number of fused-ring (bicyclic) bond motifs is 2. The summed E-state index contributed by atoms with van der Waals surface area (Å²) in [5.74, 6) is 0.0400. The van der Waals surface area contributed by atoms with Gasteiger partial charge in [0.25, 0.3) is 0 Å². The molecule has 4 aromatic rings. The summed E-state index contributed by atoms with van der Waals surface area (Å²) in [5.41, 5.74) is 2.93. The Balaban J connectivity index is 1.43. The molecule has 0 amide bonds. The molecule has 2 aromatic carbocycles. The number of Topliss-reactive ketones (excluding diaryl/α,β-unsaturated/α-hetero) is 1. The number of carbonyl (C=O) groups excluding carboxylic acids is 1. The highest BCUT2D eigenvalue weighted by atomic mass is 32.2. The van der Waals surface area contributed by atoms with Crippen LogP contribution in [0.25, 0.3) is 16.7 Å². The van der Waals surface area contributed by atoms with Gasteiger partial charge in [-0.05, 0) is 66.4 Å². The molecule has 0 bridgehead atoms. The molecular formula is C25H25N5O3S. The lowest BCUT2D eigenvalue weighted by atomic mass is 9.80. The maximum absolute atomic E-state index is 13.0. The smallest absolute Gasteiger partial charge is 0.347 e. The summed E-state index contributed by atoms with van der Waals surface area (Å²) in [6, 6.07) is 15.0. The van der Waals surface area contributed by atoms with Crippen LogP contribution in [-0.2, 0) is 0 Å². The fourth-order valence-electron chi connectivity index (χ4n) is 4.58. The third kappa shape index (κ3) is 3.90. The largest absolute Gasteiger partial charge is 0.422 e. The number of para-hydroxylation sites is 1. The normalized spacial score (nSPS) is 17.1. The van der Waals surface area contributed by atoms with Gasteiger partial charge in [-0.1, -0.05) is 36.9 Å². The van der Waals surface area contributed by atoms with Crippen LogP contribution < -0.4 is 10.5 Å². The second kappa shape index (κ2) is 8.39. The Morgan fingerprint density at radius 3 is 2.74 bits per heavy atom. The molecule has 5 rings (SSSR count). The average Bonchev–Trinajstić information content (AvgIpc) is 3.29. The molecule has 1 atom stereocenters. The van der Waals surface area contributed by atoms with Crippen molar-refractivity contribution in [2.75, 3.05) is 17.7 Å². The maximum Gasteiger partial charge on any atom is 0.347 e. The van der Waals surface area contributed by atoms with E-state index in [2.05, 4.69) is 48.2 Å². The van der Waals surface area contributed by atoms with E-state index in [1.54, 1.807) is 10.7 Å². The summed E-state index contributed by atoms with van der Waals surface area (Å²) >= 11 is 1.18. The summed E-state index contributed by atoms with van der Waals surface area (Å²) in [7, 11) is 2.06. The third-order valence-corrected chi connectivity index (χ3v) is 7.48. The van der Waals surface area contributed by atoms with Gasteiger partial charge < -0.3 is 9.32 Å². The van der Waals surface area contributed by atoms with E-state index in [1.807, 2.05) is 42.5 Å². The first-order valence-corrected chi connectivity index (χ1v) is 12.1. The molecular weight excluding hydrogens is 450 g/mol. The second-order valence-electron chi connectivity index (χ2n) is 9.29. The molecule has 174 valence electrons. The van der Waals surface area contributed by atoms with Crippen LogP contribution in [0.4, 0.5) is 5.69 Å². The number of thioether (sulfide) groups is 1. The number of anilines is 1. The fraction of sp³-hybridized carbons (Fsp3) is 0.320. The van der Waals surface area contributed by atoms with Crippen LogP contribution in [0.2, 0.25) is 0 Å². The van der Waals surface area contributed by atoms with Gasteiger partial charge in [0.2, 0.25) is 5.16 Å². The Morgan fingerprint density at radius 2 is 1.97 bits per heavy atom. The lowest BCUT2D eigenvalue weighted by Gasteiger charge is -2.45. The van der Waals surface area contributed by atoms with Crippen LogP contribution in [-0.4, -0.2) is 44.3 Å². The Hall–Kier alpha value is -3.46. The highest BCUT2D eigenvalue weighted by Gasteiger charge is 2.34. The van der Waals surface area contributed by atoms with Crippen LogP contribution in [0, 0.1) is 0 Å². The summed E-state index contributed by atoms with van der Waals surface area (Å²) < 4.78 is 7.17. The van der Waals surface area contributed by atoms with Gasteiger partial charge in [-0.15, -0.1) is 5.10 Å². The lowest BCUT2D eigenvalue weighted by Crippen LogP contribution is -2.45. The first-order chi connectivity index (χ1) is 16.2. The van der Waals surface area contributed by atoms with Crippen molar-refractivity contribution in [1.29, 1.82) is 0 Å². The predicted octanol–water partition coefficient (Wildman–Crippen LogP) is 4.47. The van der Waals surface area contributed by atoms with Crippen molar-refractivity contribution in [1.82, 2.24) is 20.2 Å². The van der Waals surface area contributed by atoms with Crippen LogP contribution in [0.5, 0.6) is 0 Å². The number of hydrogen-bond acceptors (Lipinski definition) is 8. The van der Waals surface area contributed by atoms with Gasteiger partial charge in [-0.3, -0.25) is 4.79 Å². The molecule has 34 heavy (non-hydrogen) atoms. The zero-order chi connectivity index (χ0) is 24.0. The number of tetrazole rings is 1. The molecule has 0 saturated carbocycles. The topological polar surface area (TPSA) is 94.1 Å². The van der Waals surface area contributed by atoms with Gasteiger partial charge >= 0.3 is 5.63 Å². The van der Waals surface area contributed by atoms with Gasteiger partial charge in [-0.2, -0.15) is 4.68 Å². The summed E-state index contributed by atoms with van der Waals surface area (Å²) in [6.07, 6.45) is 1.01. The van der Waals surface area contributed by atoms with E-state index in [9.17, 15) is 9.59 Å². The quantitative estimate of drug-likeness (QED) is 0.237. The van der Waals surface area contributed by atoms with Gasteiger partial charge in [0.05, 0.1) is 11.4 Å². The average molecular weight is 476 g/mol. The molecule has 1 unspecified atom stereocenters. The monoisotopic (exact) mass is 475 g/mol. The van der Waals surface area contributed by atoms with Crippen molar-refractivity contribution >= 4 is 34.2 Å². The van der Waals surface area contributed by atoms with Crippen molar-refractivity contribution in [2.45, 2.75) is 43.8 Å². The Kier molecular flexibility index (Phi) is 5.51. The standard InChI is InChI=1S/C25H25N5O3S/c1-15-13-25(2,3)29(4)20-12-22-16(10-18(15)20)11-19(23(32)33-22)21(31)14-34-24-26-27-28-30(24)17-8-6-5-7-9-17/h5-12,15H,13-14H2,1-4H3. The molecule has 1 aliphatic rings. The minimum atomic E-state index is -0.633. The Bertz CT molecular complexity index is 1440. The van der Waals surface area contributed by atoms with Crippen LogP contribution in [0.3, 0.4) is 0 Å². The summed E-state index contributed by atoms with van der Waals surface area (Å²) in [4.78, 5) is 27.9. The maximum atomic E-state index is 13.0. The molecule has 0 aliphatic carbocycles. The van der Waals surface area contributed by atoms with Gasteiger partial charge in [0.1, 0.15) is 11.1 Å². The van der Waals surface area contributed by atoms with Crippen LogP contribution in [0.15, 0.2) is 62.9 Å². The Labute approximate surface area is 201 Å². The van der Waals surface area contributed by atoms with E-state index in [-0.39, 0.29) is 22.6 Å². The van der Waals surface area contributed by atoms with Crippen LogP contribution in [0.1, 0.15) is 49.0 Å². The van der Waals surface area contributed by atoms with Crippen molar-refractivity contribution in [3.63, 3.8) is 0 Å². The number of benzene rings is 2. The highest BCUT2D eigenvalue weighted by molar-refractivity contribution is 7.99. The molecule has 3 heterocycles. The number of hydrogen-bond donors (Lipinski definition) is 0. The molecule has 0 radical (unpaired) electrons. The first-order valence-electron chi connectivity index (χ1n) is 11.1. The molecule has 0 N–H and O–H groups in total. The molecule has 8 nitrogen and oxygen atoms in total. The Morgan fingerprint density at radius 1 is 1.21 bits per heavy atom. The van der Waals surface area contributed by atoms with Gasteiger partial charge in [0, 0.05) is 29.7 Å². The minimum Gasteiger partial charge on any atom is -0.422 e. The minimum absolute atomic E-state index is 0.00266. The molecule has 0 fully saturated rings. The SMILES string of the molecule is CC1CC(C)(C)N(C)c2cc3oc(=O)c(C(=O)CSc4nnnn4-c4ccccc4)cc3cc21. The summed E-state index contributed by atoms with van der Waals surface area (Å²) in [5, 5.41) is 13.0. The van der Waals surface area contributed by atoms with Crippen molar-refractivity contribution < 1.29 is 9.21 Å². The van der Waals surface area contributed by atoms with Crippen molar-refractivity contribution in [2.24, 2.45) is 0 Å². The van der Waals surface area contributed by atoms with Crippen molar-refractivity contribution in [3.05, 3.63) is 70.1 Å².